The summed E-state index contributed by atoms with van der Waals surface area (Å²) in [5.74, 6) is 0.545. The Balaban J connectivity index is 2.91. The van der Waals surface area contributed by atoms with Gasteiger partial charge in [0.25, 0.3) is 0 Å². The summed E-state index contributed by atoms with van der Waals surface area (Å²) in [6.45, 7) is 7.54. The lowest BCUT2D eigenvalue weighted by molar-refractivity contribution is -0.145. The first-order chi connectivity index (χ1) is 8.27. The Morgan fingerprint density at radius 1 is 1.33 bits per heavy atom. The summed E-state index contributed by atoms with van der Waals surface area (Å²) in [6.07, 6.45) is 0. The first kappa shape index (κ1) is 14.9. The third-order valence-corrected chi connectivity index (χ3v) is 4.44. The lowest BCUT2D eigenvalue weighted by Crippen LogP contribution is -2.26. The molecule has 1 rings (SSSR count). The first-order valence-electron chi connectivity index (χ1n) is 5.79. The summed E-state index contributed by atoms with van der Waals surface area (Å²) >= 11 is 1.52. The van der Waals surface area contributed by atoms with Crippen LogP contribution in [0, 0.1) is 19.3 Å². The first-order valence-corrected chi connectivity index (χ1v) is 6.78. The van der Waals surface area contributed by atoms with Crippen LogP contribution in [0.15, 0.2) is 17.0 Å². The van der Waals surface area contributed by atoms with Crippen LogP contribution in [-0.4, -0.2) is 23.9 Å². The normalized spacial score (nSPS) is 11.4. The van der Waals surface area contributed by atoms with Gasteiger partial charge in [-0.25, -0.2) is 0 Å². The fourth-order valence-corrected chi connectivity index (χ4v) is 2.54. The van der Waals surface area contributed by atoms with Gasteiger partial charge in [0.1, 0.15) is 5.75 Å². The monoisotopic (exact) mass is 268 g/mol. The molecule has 100 valence electrons. The Morgan fingerprint density at radius 2 is 1.89 bits per heavy atom. The van der Waals surface area contributed by atoms with Crippen LogP contribution in [-0.2, 0) is 4.79 Å². The summed E-state index contributed by atoms with van der Waals surface area (Å²) in [7, 11) is 1.64. The lowest BCUT2D eigenvalue weighted by atomic mass is 9.97. The number of carboxylic acids is 1. The lowest BCUT2D eigenvalue weighted by Gasteiger charge is -2.19. The van der Waals surface area contributed by atoms with E-state index < -0.39 is 11.4 Å². The number of aryl methyl sites for hydroxylation is 2. The van der Waals surface area contributed by atoms with Gasteiger partial charge >= 0.3 is 5.97 Å². The largest absolute Gasteiger partial charge is 0.496 e. The number of aliphatic carboxylic acids is 1. The highest BCUT2D eigenvalue weighted by Gasteiger charge is 2.27. The third kappa shape index (κ3) is 3.42. The predicted molar refractivity (Wildman–Crippen MR) is 74.6 cm³/mol. The van der Waals surface area contributed by atoms with Gasteiger partial charge in [0, 0.05) is 10.6 Å². The summed E-state index contributed by atoms with van der Waals surface area (Å²) in [5.41, 5.74) is 1.62. The molecule has 1 aromatic rings. The summed E-state index contributed by atoms with van der Waals surface area (Å²) in [5, 5.41) is 9.10. The van der Waals surface area contributed by atoms with Crippen LogP contribution in [0.1, 0.15) is 25.0 Å². The van der Waals surface area contributed by atoms with E-state index >= 15 is 0 Å². The van der Waals surface area contributed by atoms with Crippen molar-refractivity contribution in [2.24, 2.45) is 5.41 Å². The number of hydrogen-bond donors (Lipinski definition) is 1. The van der Waals surface area contributed by atoms with Gasteiger partial charge in [-0.3, -0.25) is 4.79 Å². The minimum atomic E-state index is -0.780. The van der Waals surface area contributed by atoms with Crippen molar-refractivity contribution in [1.29, 1.82) is 0 Å². The zero-order valence-electron chi connectivity index (χ0n) is 11.5. The van der Waals surface area contributed by atoms with Crippen molar-refractivity contribution in [3.05, 3.63) is 23.3 Å². The molecule has 0 atom stereocenters. The van der Waals surface area contributed by atoms with Crippen molar-refractivity contribution < 1.29 is 14.6 Å². The number of carbonyl (C=O) groups is 1. The number of thioether (sulfide) groups is 1. The van der Waals surface area contributed by atoms with Crippen LogP contribution in [0.3, 0.4) is 0 Å². The molecule has 1 N–H and O–H groups in total. The SMILES string of the molecule is COc1cc(C)c(C)cc1SCC(C)(C)C(=O)O. The van der Waals surface area contributed by atoms with Gasteiger partial charge in [-0.1, -0.05) is 0 Å². The summed E-state index contributed by atoms with van der Waals surface area (Å²) < 4.78 is 5.34. The molecule has 0 aliphatic rings. The molecule has 0 saturated carbocycles. The molecule has 3 nitrogen and oxygen atoms in total. The number of carboxylic acid groups (broad SMARTS) is 1. The average molecular weight is 268 g/mol. The predicted octanol–water partition coefficient (Wildman–Crippen LogP) is 3.51. The van der Waals surface area contributed by atoms with Crippen molar-refractivity contribution in [1.82, 2.24) is 0 Å². The Bertz CT molecular complexity index is 453. The highest BCUT2D eigenvalue weighted by atomic mass is 32.2. The maximum Gasteiger partial charge on any atom is 0.309 e. The molecule has 0 aromatic heterocycles. The molecule has 0 fully saturated rings. The van der Waals surface area contributed by atoms with E-state index in [1.807, 2.05) is 19.9 Å². The number of benzene rings is 1. The van der Waals surface area contributed by atoms with Crippen LogP contribution in [0.5, 0.6) is 5.75 Å². The van der Waals surface area contributed by atoms with Crippen LogP contribution in [0.4, 0.5) is 0 Å². The van der Waals surface area contributed by atoms with Crippen molar-refractivity contribution in [2.75, 3.05) is 12.9 Å². The second kappa shape index (κ2) is 5.65. The van der Waals surface area contributed by atoms with Crippen molar-refractivity contribution in [3.63, 3.8) is 0 Å². The molecule has 0 unspecified atom stereocenters. The van der Waals surface area contributed by atoms with Gasteiger partial charge in [-0.15, -0.1) is 11.8 Å². The fourth-order valence-electron chi connectivity index (χ4n) is 1.36. The van der Waals surface area contributed by atoms with Crippen LogP contribution >= 0.6 is 11.8 Å². The highest BCUT2D eigenvalue weighted by molar-refractivity contribution is 7.99. The second-order valence-corrected chi connectivity index (χ2v) is 6.08. The summed E-state index contributed by atoms with van der Waals surface area (Å²) in [6, 6.07) is 4.04. The Hall–Kier alpha value is -1.16. The topological polar surface area (TPSA) is 46.5 Å². The highest BCUT2D eigenvalue weighted by Crippen LogP contribution is 2.35. The second-order valence-electron chi connectivity index (χ2n) is 5.07. The van der Waals surface area contributed by atoms with E-state index in [0.717, 1.165) is 10.6 Å². The van der Waals surface area contributed by atoms with Gasteiger partial charge < -0.3 is 9.84 Å². The zero-order chi connectivity index (χ0) is 13.9. The Kier molecular flexibility index (Phi) is 4.68. The average Bonchev–Trinajstić information content (AvgIpc) is 2.30. The molecular formula is C14H20O3S. The van der Waals surface area contributed by atoms with E-state index in [1.165, 1.54) is 22.9 Å². The smallest absolute Gasteiger partial charge is 0.309 e. The van der Waals surface area contributed by atoms with Gasteiger partial charge in [0.2, 0.25) is 0 Å². The summed E-state index contributed by atoms with van der Waals surface area (Å²) in [4.78, 5) is 12.1. The zero-order valence-corrected chi connectivity index (χ0v) is 12.4. The minimum Gasteiger partial charge on any atom is -0.496 e. The van der Waals surface area contributed by atoms with Gasteiger partial charge in [-0.2, -0.15) is 0 Å². The standard InChI is InChI=1S/C14H20O3S/c1-9-6-11(17-5)12(7-10(9)2)18-8-14(3,4)13(15)16/h6-7H,8H2,1-5H3,(H,15,16). The van der Waals surface area contributed by atoms with Crippen molar-refractivity contribution in [2.45, 2.75) is 32.6 Å². The van der Waals surface area contributed by atoms with E-state index in [9.17, 15) is 4.79 Å². The molecule has 0 aliphatic heterocycles. The molecule has 1 aromatic carbocycles. The molecule has 0 amide bonds. The fraction of sp³-hybridized carbons (Fsp3) is 0.500. The molecular weight excluding hydrogens is 248 g/mol. The van der Waals surface area contributed by atoms with Gasteiger partial charge in [-0.05, 0) is 51.0 Å². The number of hydrogen-bond acceptors (Lipinski definition) is 3. The maximum atomic E-state index is 11.1. The van der Waals surface area contributed by atoms with E-state index in [4.69, 9.17) is 9.84 Å². The Morgan fingerprint density at radius 3 is 2.39 bits per heavy atom. The number of methoxy groups -OCH3 is 1. The van der Waals surface area contributed by atoms with E-state index in [-0.39, 0.29) is 0 Å². The molecule has 0 bridgehead atoms. The quantitative estimate of drug-likeness (QED) is 0.830. The molecule has 18 heavy (non-hydrogen) atoms. The molecule has 0 aliphatic carbocycles. The van der Waals surface area contributed by atoms with Gasteiger partial charge in [0.05, 0.1) is 12.5 Å². The molecule has 0 spiro atoms. The molecule has 0 heterocycles. The minimum absolute atomic E-state index is 0.515. The Labute approximate surface area is 113 Å². The molecule has 0 radical (unpaired) electrons. The molecule has 4 heteroatoms. The number of rotatable bonds is 5. The third-order valence-electron chi connectivity index (χ3n) is 2.95. The van der Waals surface area contributed by atoms with E-state index in [1.54, 1.807) is 21.0 Å². The van der Waals surface area contributed by atoms with Crippen molar-refractivity contribution in [3.8, 4) is 5.75 Å². The van der Waals surface area contributed by atoms with Crippen LogP contribution in [0.2, 0.25) is 0 Å². The molecule has 0 saturated heterocycles. The van der Waals surface area contributed by atoms with Crippen LogP contribution in [0.25, 0.3) is 0 Å². The van der Waals surface area contributed by atoms with E-state index in [0.29, 0.717) is 5.75 Å². The van der Waals surface area contributed by atoms with Crippen LogP contribution < -0.4 is 4.74 Å². The van der Waals surface area contributed by atoms with Gasteiger partial charge in [0.15, 0.2) is 0 Å². The maximum absolute atomic E-state index is 11.1. The van der Waals surface area contributed by atoms with E-state index in [2.05, 4.69) is 6.07 Å². The number of ether oxygens (including phenoxy) is 1. The van der Waals surface area contributed by atoms with Crippen molar-refractivity contribution >= 4 is 17.7 Å².